The normalized spacial score (nSPS) is 12.3. The van der Waals surface area contributed by atoms with Crippen molar-refractivity contribution in [1.82, 2.24) is 15.2 Å². The SMILES string of the molecule is CN(C)C(CNC(=O)Cc1csc(-c2ccsc2)n1)c1cccc(F)c1. The zero-order valence-electron chi connectivity index (χ0n) is 14.6. The zero-order valence-corrected chi connectivity index (χ0v) is 16.2. The average Bonchev–Trinajstić information content (AvgIpc) is 3.26. The van der Waals surface area contributed by atoms with Crippen molar-refractivity contribution in [1.29, 1.82) is 0 Å². The van der Waals surface area contributed by atoms with Crippen LogP contribution in [0.3, 0.4) is 0 Å². The van der Waals surface area contributed by atoms with Crippen molar-refractivity contribution in [3.63, 3.8) is 0 Å². The summed E-state index contributed by atoms with van der Waals surface area (Å²) < 4.78 is 13.5. The van der Waals surface area contributed by atoms with Gasteiger partial charge in [-0.3, -0.25) is 4.79 Å². The van der Waals surface area contributed by atoms with Gasteiger partial charge in [0.25, 0.3) is 0 Å². The maximum atomic E-state index is 13.5. The molecule has 2 heterocycles. The third kappa shape index (κ3) is 4.75. The van der Waals surface area contributed by atoms with Gasteiger partial charge >= 0.3 is 0 Å². The largest absolute Gasteiger partial charge is 0.354 e. The molecule has 0 saturated heterocycles. The van der Waals surface area contributed by atoms with Gasteiger partial charge in [0.2, 0.25) is 5.91 Å². The van der Waals surface area contributed by atoms with E-state index in [1.54, 1.807) is 28.7 Å². The summed E-state index contributed by atoms with van der Waals surface area (Å²) in [5, 5.41) is 9.84. The third-order valence-corrected chi connectivity index (χ3v) is 5.63. The Labute approximate surface area is 160 Å². The van der Waals surface area contributed by atoms with Crippen LogP contribution in [0.25, 0.3) is 10.6 Å². The molecule has 136 valence electrons. The number of amides is 1. The monoisotopic (exact) mass is 389 g/mol. The molecule has 0 bridgehead atoms. The van der Waals surface area contributed by atoms with Gasteiger partial charge < -0.3 is 10.2 Å². The van der Waals surface area contributed by atoms with Crippen LogP contribution in [0, 0.1) is 5.82 Å². The Morgan fingerprint density at radius 1 is 1.31 bits per heavy atom. The first-order chi connectivity index (χ1) is 12.5. The lowest BCUT2D eigenvalue weighted by Gasteiger charge is -2.25. The molecular weight excluding hydrogens is 369 g/mol. The lowest BCUT2D eigenvalue weighted by molar-refractivity contribution is -0.120. The molecule has 0 aliphatic carbocycles. The number of nitrogens with zero attached hydrogens (tertiary/aromatic N) is 2. The molecule has 0 saturated carbocycles. The van der Waals surface area contributed by atoms with Crippen LogP contribution in [0.1, 0.15) is 17.3 Å². The van der Waals surface area contributed by atoms with E-state index in [0.717, 1.165) is 21.8 Å². The molecular formula is C19H20FN3OS2. The van der Waals surface area contributed by atoms with Gasteiger partial charge in [0.05, 0.1) is 18.2 Å². The summed E-state index contributed by atoms with van der Waals surface area (Å²) >= 11 is 3.17. The molecule has 0 fully saturated rings. The Bertz CT molecular complexity index is 861. The second-order valence-corrected chi connectivity index (χ2v) is 7.81. The summed E-state index contributed by atoms with van der Waals surface area (Å²) in [7, 11) is 3.82. The molecule has 3 rings (SSSR count). The van der Waals surface area contributed by atoms with Gasteiger partial charge in [-0.15, -0.1) is 11.3 Å². The number of thiophene rings is 1. The number of benzene rings is 1. The quantitative estimate of drug-likeness (QED) is 0.665. The number of rotatable bonds is 7. The van der Waals surface area contributed by atoms with Gasteiger partial charge in [0, 0.05) is 22.9 Å². The molecule has 26 heavy (non-hydrogen) atoms. The van der Waals surface area contributed by atoms with Crippen molar-refractivity contribution < 1.29 is 9.18 Å². The molecule has 4 nitrogen and oxygen atoms in total. The van der Waals surface area contributed by atoms with Gasteiger partial charge in [0.1, 0.15) is 10.8 Å². The van der Waals surface area contributed by atoms with E-state index in [4.69, 9.17) is 0 Å². The Morgan fingerprint density at radius 3 is 2.85 bits per heavy atom. The fourth-order valence-corrected chi connectivity index (χ4v) is 4.19. The summed E-state index contributed by atoms with van der Waals surface area (Å²) in [5.74, 6) is -0.362. The van der Waals surface area contributed by atoms with E-state index in [1.165, 1.54) is 12.1 Å². The Balaban J connectivity index is 1.59. The molecule has 1 atom stereocenters. The van der Waals surface area contributed by atoms with Crippen molar-refractivity contribution in [2.24, 2.45) is 0 Å². The molecule has 1 N–H and O–H groups in total. The first-order valence-corrected chi connectivity index (χ1v) is 10.0. The molecule has 3 aromatic rings. The van der Waals surface area contributed by atoms with E-state index >= 15 is 0 Å². The number of likely N-dealkylation sites (N-methyl/N-ethyl adjacent to an activating group) is 1. The molecule has 1 amide bonds. The Kier molecular flexibility index (Phi) is 6.13. The summed E-state index contributed by atoms with van der Waals surface area (Å²) in [6.07, 6.45) is 0.240. The van der Waals surface area contributed by atoms with Crippen molar-refractivity contribution in [2.75, 3.05) is 20.6 Å². The van der Waals surface area contributed by atoms with Crippen LogP contribution in [0.15, 0.2) is 46.5 Å². The second-order valence-electron chi connectivity index (χ2n) is 6.17. The van der Waals surface area contributed by atoms with E-state index < -0.39 is 0 Å². The maximum Gasteiger partial charge on any atom is 0.226 e. The fourth-order valence-electron chi connectivity index (χ4n) is 2.66. The van der Waals surface area contributed by atoms with Gasteiger partial charge in [-0.1, -0.05) is 12.1 Å². The van der Waals surface area contributed by atoms with E-state index in [1.807, 2.05) is 47.3 Å². The summed E-state index contributed by atoms with van der Waals surface area (Å²) in [6, 6.07) is 8.41. The molecule has 0 aliphatic heterocycles. The Hall–Kier alpha value is -2.09. The molecule has 2 aromatic heterocycles. The average molecular weight is 390 g/mol. The number of hydrogen-bond donors (Lipinski definition) is 1. The highest BCUT2D eigenvalue weighted by atomic mass is 32.1. The van der Waals surface area contributed by atoms with Crippen molar-refractivity contribution in [3.05, 3.63) is 63.5 Å². The van der Waals surface area contributed by atoms with Gasteiger partial charge in [-0.25, -0.2) is 9.37 Å². The van der Waals surface area contributed by atoms with Crippen molar-refractivity contribution in [2.45, 2.75) is 12.5 Å². The van der Waals surface area contributed by atoms with E-state index in [-0.39, 0.29) is 24.2 Å². The number of thiazole rings is 1. The number of carbonyl (C=O) groups excluding carboxylic acids is 1. The highest BCUT2D eigenvalue weighted by Gasteiger charge is 2.16. The van der Waals surface area contributed by atoms with Crippen LogP contribution in [0.2, 0.25) is 0 Å². The predicted molar refractivity (Wildman–Crippen MR) is 105 cm³/mol. The minimum atomic E-state index is -0.274. The predicted octanol–water partition coefficient (Wildman–Crippen LogP) is 3.97. The van der Waals surface area contributed by atoms with Crippen LogP contribution in [-0.2, 0) is 11.2 Å². The molecule has 1 unspecified atom stereocenters. The van der Waals surface area contributed by atoms with Gasteiger partial charge in [0.15, 0.2) is 0 Å². The molecule has 0 radical (unpaired) electrons. The smallest absolute Gasteiger partial charge is 0.226 e. The summed E-state index contributed by atoms with van der Waals surface area (Å²) in [6.45, 7) is 0.414. The van der Waals surface area contributed by atoms with Crippen LogP contribution < -0.4 is 5.32 Å². The van der Waals surface area contributed by atoms with E-state index in [2.05, 4.69) is 10.3 Å². The van der Waals surface area contributed by atoms with Crippen LogP contribution >= 0.6 is 22.7 Å². The fraction of sp³-hybridized carbons (Fsp3) is 0.263. The Morgan fingerprint density at radius 2 is 2.15 bits per heavy atom. The van der Waals surface area contributed by atoms with Crippen molar-refractivity contribution >= 4 is 28.6 Å². The van der Waals surface area contributed by atoms with Gasteiger partial charge in [-0.2, -0.15) is 11.3 Å². The van der Waals surface area contributed by atoms with E-state index in [9.17, 15) is 9.18 Å². The number of halogens is 1. The van der Waals surface area contributed by atoms with Crippen molar-refractivity contribution in [3.8, 4) is 10.6 Å². The van der Waals surface area contributed by atoms with Crippen LogP contribution in [0.5, 0.6) is 0 Å². The highest BCUT2D eigenvalue weighted by molar-refractivity contribution is 7.14. The molecule has 7 heteroatoms. The van der Waals surface area contributed by atoms with E-state index in [0.29, 0.717) is 6.54 Å². The van der Waals surface area contributed by atoms with Gasteiger partial charge in [-0.05, 0) is 43.2 Å². The maximum absolute atomic E-state index is 13.5. The topological polar surface area (TPSA) is 45.2 Å². The number of carbonyl (C=O) groups is 1. The first kappa shape index (κ1) is 18.7. The number of hydrogen-bond acceptors (Lipinski definition) is 5. The first-order valence-electron chi connectivity index (χ1n) is 8.18. The highest BCUT2D eigenvalue weighted by Crippen LogP contribution is 2.25. The molecule has 0 spiro atoms. The minimum Gasteiger partial charge on any atom is -0.354 e. The summed E-state index contributed by atoms with van der Waals surface area (Å²) in [5.41, 5.74) is 2.69. The molecule has 1 aromatic carbocycles. The number of nitrogens with one attached hydrogen (secondary N) is 1. The molecule has 0 aliphatic rings. The third-order valence-electron chi connectivity index (χ3n) is 4.01. The lowest BCUT2D eigenvalue weighted by Crippen LogP contribution is -2.35. The zero-order chi connectivity index (χ0) is 18.5. The summed E-state index contributed by atoms with van der Waals surface area (Å²) in [4.78, 5) is 18.8. The van der Waals surface area contributed by atoms with Crippen LogP contribution in [0.4, 0.5) is 4.39 Å². The second kappa shape index (κ2) is 8.53. The lowest BCUT2D eigenvalue weighted by atomic mass is 10.1. The van der Waals surface area contributed by atoms with Crippen LogP contribution in [-0.4, -0.2) is 36.4 Å². The standard InChI is InChI=1S/C19H20FN3OS2/c1-23(2)17(13-4-3-5-15(20)8-13)10-21-18(24)9-16-12-26-19(22-16)14-6-7-25-11-14/h3-8,11-12,17H,9-10H2,1-2H3,(H,21,24). The number of aromatic nitrogens is 1. The minimum absolute atomic E-state index is 0.0876.